The lowest BCUT2D eigenvalue weighted by Crippen LogP contribution is -2.34. The fraction of sp³-hybridized carbons (Fsp3) is 0.583. The number of hydrogen-bond acceptors (Lipinski definition) is 1. The summed E-state index contributed by atoms with van der Waals surface area (Å²) in [7, 11) is 0. The first-order valence-corrected chi connectivity index (χ1v) is 5.04. The molecule has 1 heteroatoms. The first-order chi connectivity index (χ1) is 6.13. The molecule has 0 radical (unpaired) electrons. The Balaban J connectivity index is 2.39. The zero-order valence-corrected chi connectivity index (χ0v) is 8.39. The molecule has 0 aromatic heterocycles. The fourth-order valence-corrected chi connectivity index (χ4v) is 2.35. The quantitative estimate of drug-likeness (QED) is 0.554. The predicted octanol–water partition coefficient (Wildman–Crippen LogP) is 3.02. The molecule has 2 aliphatic rings. The van der Waals surface area contributed by atoms with Crippen molar-refractivity contribution < 1.29 is 4.79 Å². The molecule has 2 aliphatic carbocycles. The first-order valence-electron chi connectivity index (χ1n) is 5.04. The van der Waals surface area contributed by atoms with Crippen molar-refractivity contribution in [3.05, 3.63) is 23.3 Å². The molecule has 1 saturated carbocycles. The molecule has 1 unspecified atom stereocenters. The molecule has 1 nitrogen and oxygen atoms in total. The molecule has 0 bridgehead atoms. The van der Waals surface area contributed by atoms with Crippen LogP contribution < -0.4 is 0 Å². The maximum atomic E-state index is 11.8. The zero-order valence-electron chi connectivity index (χ0n) is 8.39. The lowest BCUT2D eigenvalue weighted by molar-refractivity contribution is -0.127. The summed E-state index contributed by atoms with van der Waals surface area (Å²) in [5.74, 6) is 0.439. The molecular formula is C12H16O. The summed E-state index contributed by atoms with van der Waals surface area (Å²) in [4.78, 5) is 11.8. The van der Waals surface area contributed by atoms with Crippen molar-refractivity contribution in [2.45, 2.75) is 39.5 Å². The molecule has 0 N–H and O–H groups in total. The topological polar surface area (TPSA) is 17.1 Å². The molecule has 0 saturated heterocycles. The van der Waals surface area contributed by atoms with Crippen LogP contribution in [0.15, 0.2) is 23.3 Å². The SMILES string of the molecule is CC1=CCC2(C)C(=O)CCCC2=C1. The van der Waals surface area contributed by atoms with Crippen LogP contribution in [0.2, 0.25) is 0 Å². The predicted molar refractivity (Wildman–Crippen MR) is 53.4 cm³/mol. The second-order valence-electron chi connectivity index (χ2n) is 4.43. The van der Waals surface area contributed by atoms with Gasteiger partial charge in [0, 0.05) is 6.42 Å². The number of carbonyl (C=O) groups is 1. The second kappa shape index (κ2) is 2.83. The highest BCUT2D eigenvalue weighted by molar-refractivity contribution is 5.89. The molecular weight excluding hydrogens is 160 g/mol. The summed E-state index contributed by atoms with van der Waals surface area (Å²) in [6.45, 7) is 4.22. The van der Waals surface area contributed by atoms with Crippen molar-refractivity contribution in [1.29, 1.82) is 0 Å². The van der Waals surface area contributed by atoms with E-state index in [2.05, 4.69) is 26.0 Å². The van der Waals surface area contributed by atoms with E-state index in [1.807, 2.05) is 0 Å². The van der Waals surface area contributed by atoms with Gasteiger partial charge in [-0.15, -0.1) is 0 Å². The van der Waals surface area contributed by atoms with Gasteiger partial charge in [-0.25, -0.2) is 0 Å². The Morgan fingerprint density at radius 2 is 2.15 bits per heavy atom. The van der Waals surface area contributed by atoms with Crippen LogP contribution in [0.5, 0.6) is 0 Å². The highest BCUT2D eigenvalue weighted by Gasteiger charge is 2.39. The molecule has 0 aromatic carbocycles. The summed E-state index contributed by atoms with van der Waals surface area (Å²) in [5, 5.41) is 0. The maximum absolute atomic E-state index is 11.8. The molecule has 0 spiro atoms. The van der Waals surface area contributed by atoms with E-state index in [0.717, 1.165) is 25.7 Å². The number of carbonyl (C=O) groups excluding carboxylic acids is 1. The summed E-state index contributed by atoms with van der Waals surface area (Å²) in [6, 6.07) is 0. The smallest absolute Gasteiger partial charge is 0.143 e. The number of fused-ring (bicyclic) bond motifs is 1. The first kappa shape index (κ1) is 8.74. The van der Waals surface area contributed by atoms with E-state index in [0.29, 0.717) is 5.78 Å². The van der Waals surface area contributed by atoms with Gasteiger partial charge in [-0.1, -0.05) is 23.3 Å². The number of allylic oxidation sites excluding steroid dienone is 4. The highest BCUT2D eigenvalue weighted by atomic mass is 16.1. The molecule has 70 valence electrons. The summed E-state index contributed by atoms with van der Waals surface area (Å²) in [6.07, 6.45) is 8.26. The summed E-state index contributed by atoms with van der Waals surface area (Å²) < 4.78 is 0. The highest BCUT2D eigenvalue weighted by Crippen LogP contribution is 2.43. The van der Waals surface area contributed by atoms with Crippen molar-refractivity contribution in [3.63, 3.8) is 0 Å². The Kier molecular flexibility index (Phi) is 1.90. The van der Waals surface area contributed by atoms with E-state index < -0.39 is 0 Å². The lowest BCUT2D eigenvalue weighted by Gasteiger charge is -2.36. The number of ketones is 1. The summed E-state index contributed by atoms with van der Waals surface area (Å²) >= 11 is 0. The Bertz CT molecular complexity index is 309. The van der Waals surface area contributed by atoms with E-state index in [-0.39, 0.29) is 5.41 Å². The van der Waals surface area contributed by atoms with Gasteiger partial charge in [0.05, 0.1) is 5.41 Å². The normalized spacial score (nSPS) is 33.5. The number of Topliss-reactive ketones (excluding diaryl/α,β-unsaturated/α-hetero) is 1. The van der Waals surface area contributed by atoms with Gasteiger partial charge in [-0.2, -0.15) is 0 Å². The Morgan fingerprint density at radius 3 is 2.92 bits per heavy atom. The lowest BCUT2D eigenvalue weighted by atomic mass is 9.66. The minimum atomic E-state index is -0.141. The minimum Gasteiger partial charge on any atom is -0.299 e. The van der Waals surface area contributed by atoms with Crippen LogP contribution in [-0.2, 0) is 4.79 Å². The molecule has 13 heavy (non-hydrogen) atoms. The maximum Gasteiger partial charge on any atom is 0.143 e. The van der Waals surface area contributed by atoms with E-state index in [4.69, 9.17) is 0 Å². The second-order valence-corrected chi connectivity index (χ2v) is 4.43. The monoisotopic (exact) mass is 176 g/mol. The van der Waals surface area contributed by atoms with Crippen LogP contribution >= 0.6 is 0 Å². The van der Waals surface area contributed by atoms with Gasteiger partial charge >= 0.3 is 0 Å². The molecule has 2 rings (SSSR count). The van der Waals surface area contributed by atoms with Gasteiger partial charge in [0.1, 0.15) is 5.78 Å². The molecule has 0 aliphatic heterocycles. The van der Waals surface area contributed by atoms with Gasteiger partial charge in [0.2, 0.25) is 0 Å². The van der Waals surface area contributed by atoms with E-state index in [1.54, 1.807) is 0 Å². The molecule has 0 aromatic rings. The van der Waals surface area contributed by atoms with E-state index >= 15 is 0 Å². The van der Waals surface area contributed by atoms with Crippen molar-refractivity contribution in [2.24, 2.45) is 5.41 Å². The Hall–Kier alpha value is -0.850. The van der Waals surface area contributed by atoms with Crippen LogP contribution in [0.1, 0.15) is 39.5 Å². The zero-order chi connectivity index (χ0) is 9.47. The summed E-state index contributed by atoms with van der Waals surface area (Å²) in [5.41, 5.74) is 2.54. The third-order valence-electron chi connectivity index (χ3n) is 3.41. The molecule has 1 atom stereocenters. The van der Waals surface area contributed by atoms with Crippen LogP contribution in [0.25, 0.3) is 0 Å². The van der Waals surface area contributed by atoms with Crippen molar-refractivity contribution >= 4 is 5.78 Å². The third kappa shape index (κ3) is 1.27. The van der Waals surface area contributed by atoms with Gasteiger partial charge in [0.25, 0.3) is 0 Å². The van der Waals surface area contributed by atoms with Gasteiger partial charge in [-0.05, 0) is 33.1 Å². The minimum absolute atomic E-state index is 0.141. The Morgan fingerprint density at radius 1 is 1.38 bits per heavy atom. The molecule has 0 heterocycles. The van der Waals surface area contributed by atoms with Crippen molar-refractivity contribution in [2.75, 3.05) is 0 Å². The van der Waals surface area contributed by atoms with Crippen molar-refractivity contribution in [3.8, 4) is 0 Å². The van der Waals surface area contributed by atoms with Gasteiger partial charge in [0.15, 0.2) is 0 Å². The van der Waals surface area contributed by atoms with Crippen molar-refractivity contribution in [1.82, 2.24) is 0 Å². The van der Waals surface area contributed by atoms with Crippen LogP contribution in [0, 0.1) is 5.41 Å². The Labute approximate surface area is 79.5 Å². The third-order valence-corrected chi connectivity index (χ3v) is 3.41. The fourth-order valence-electron chi connectivity index (χ4n) is 2.35. The molecule has 1 fully saturated rings. The van der Waals surface area contributed by atoms with Gasteiger partial charge in [-0.3, -0.25) is 4.79 Å². The average Bonchev–Trinajstić information content (AvgIpc) is 2.09. The largest absolute Gasteiger partial charge is 0.299 e. The van der Waals surface area contributed by atoms with Crippen LogP contribution in [-0.4, -0.2) is 5.78 Å². The van der Waals surface area contributed by atoms with Crippen LogP contribution in [0.3, 0.4) is 0 Å². The number of hydrogen-bond donors (Lipinski definition) is 0. The van der Waals surface area contributed by atoms with E-state index in [1.165, 1.54) is 11.1 Å². The standard InChI is InChI=1S/C12H16O/c1-9-6-7-12(2)10(8-9)4-3-5-11(12)13/h6,8H,3-5,7H2,1-2H3. The molecule has 0 amide bonds. The average molecular weight is 176 g/mol. The van der Waals surface area contributed by atoms with Gasteiger partial charge < -0.3 is 0 Å². The van der Waals surface area contributed by atoms with Crippen LogP contribution in [0.4, 0.5) is 0 Å². The van der Waals surface area contributed by atoms with E-state index in [9.17, 15) is 4.79 Å². The number of rotatable bonds is 0.